The second kappa shape index (κ2) is 6.88. The van der Waals surface area contributed by atoms with E-state index in [2.05, 4.69) is 0 Å². The quantitative estimate of drug-likeness (QED) is 0.806. The van der Waals surface area contributed by atoms with Gasteiger partial charge in [-0.15, -0.1) is 0 Å². The van der Waals surface area contributed by atoms with Crippen LogP contribution in [-0.4, -0.2) is 16.7 Å². The summed E-state index contributed by atoms with van der Waals surface area (Å²) in [5.41, 5.74) is -0.571. The highest BCUT2D eigenvalue weighted by Crippen LogP contribution is 2.37. The maximum Gasteiger partial charge on any atom is 0.417 e. The van der Waals surface area contributed by atoms with Crippen LogP contribution in [0.4, 0.5) is 13.2 Å². The van der Waals surface area contributed by atoms with Gasteiger partial charge in [-0.3, -0.25) is 0 Å². The maximum absolute atomic E-state index is 13.2. The fourth-order valence-corrected chi connectivity index (χ4v) is 2.30. The highest BCUT2D eigenvalue weighted by molar-refractivity contribution is 5.90. The van der Waals surface area contributed by atoms with Gasteiger partial charge in [-0.05, 0) is 61.7 Å². The lowest BCUT2D eigenvalue weighted by atomic mass is 9.96. The Bertz CT molecular complexity index is 757. The first kappa shape index (κ1) is 19.0. The molecule has 0 saturated heterocycles. The normalized spacial score (nSPS) is 12.1. The molecule has 1 N–H and O–H groups in total. The van der Waals surface area contributed by atoms with E-state index in [4.69, 9.17) is 4.74 Å². The highest BCUT2D eigenvalue weighted by Gasteiger charge is 2.33. The van der Waals surface area contributed by atoms with Crippen molar-refractivity contribution >= 4 is 5.97 Å². The molecule has 2 aromatic rings. The van der Waals surface area contributed by atoms with Crippen LogP contribution in [0.15, 0.2) is 42.5 Å². The Labute approximate surface area is 144 Å². The molecule has 2 aromatic carbocycles. The number of carbonyl (C=O) groups is 1. The molecule has 0 unspecified atom stereocenters. The number of hydrogen-bond acceptors (Lipinski definition) is 3. The summed E-state index contributed by atoms with van der Waals surface area (Å²) in [6, 6.07) is 9.20. The van der Waals surface area contributed by atoms with Crippen LogP contribution < -0.4 is 0 Å². The lowest BCUT2D eigenvalue weighted by Gasteiger charge is -2.19. The van der Waals surface area contributed by atoms with Crippen molar-refractivity contribution in [1.29, 1.82) is 0 Å². The molecule has 0 radical (unpaired) electrons. The summed E-state index contributed by atoms with van der Waals surface area (Å²) < 4.78 is 44.9. The van der Waals surface area contributed by atoms with Gasteiger partial charge < -0.3 is 9.84 Å². The third kappa shape index (κ3) is 4.82. The van der Waals surface area contributed by atoms with Gasteiger partial charge in [0.05, 0.1) is 17.7 Å². The molecule has 0 atom stereocenters. The van der Waals surface area contributed by atoms with E-state index in [0.717, 1.165) is 6.07 Å². The fraction of sp³-hybridized carbons (Fsp3) is 0.316. The number of halogens is 3. The van der Waals surface area contributed by atoms with Crippen LogP contribution >= 0.6 is 0 Å². The zero-order valence-corrected chi connectivity index (χ0v) is 14.1. The average Bonchev–Trinajstić information content (AvgIpc) is 2.52. The van der Waals surface area contributed by atoms with E-state index in [1.807, 2.05) is 0 Å². The predicted octanol–water partition coefficient (Wildman–Crippen LogP) is 4.82. The molecule has 0 fully saturated rings. The first-order chi connectivity index (χ1) is 11.5. The maximum atomic E-state index is 13.2. The van der Waals surface area contributed by atoms with E-state index in [1.165, 1.54) is 36.4 Å². The molecule has 0 spiro atoms. The first-order valence-electron chi connectivity index (χ1n) is 7.66. The van der Waals surface area contributed by atoms with E-state index >= 15 is 0 Å². The Balaban J connectivity index is 2.41. The number of hydrogen-bond donors (Lipinski definition) is 1. The number of aliphatic hydroxyl groups excluding tert-OH is 1. The summed E-state index contributed by atoms with van der Waals surface area (Å²) in [5, 5.41) is 9.19. The SMILES string of the molecule is CC(C)(C)OC(=O)c1ccc(-c2cc(CO)ccc2C(F)(F)F)cc1. The van der Waals surface area contributed by atoms with Crippen LogP contribution in [0.25, 0.3) is 11.1 Å². The van der Waals surface area contributed by atoms with Crippen molar-refractivity contribution in [2.24, 2.45) is 0 Å². The standard InChI is InChI=1S/C19H19F3O3/c1-18(2,3)25-17(24)14-7-5-13(6-8-14)15-10-12(11-23)4-9-16(15)19(20,21)22/h4-10,23H,11H2,1-3H3. The second-order valence-electron chi connectivity index (χ2n) is 6.62. The fourth-order valence-electron chi connectivity index (χ4n) is 2.30. The molecule has 2 rings (SSSR count). The van der Waals surface area contributed by atoms with Crippen molar-refractivity contribution in [3.63, 3.8) is 0 Å². The van der Waals surface area contributed by atoms with Gasteiger partial charge in [-0.25, -0.2) is 4.79 Å². The first-order valence-corrected chi connectivity index (χ1v) is 7.66. The molecular weight excluding hydrogens is 333 g/mol. The zero-order chi connectivity index (χ0) is 18.8. The molecule has 0 amide bonds. The Kier molecular flexibility index (Phi) is 5.23. The van der Waals surface area contributed by atoms with E-state index < -0.39 is 23.3 Å². The van der Waals surface area contributed by atoms with Crippen LogP contribution in [0.3, 0.4) is 0 Å². The molecule has 0 saturated carbocycles. The molecule has 0 aliphatic rings. The number of esters is 1. The van der Waals surface area contributed by atoms with Gasteiger partial charge in [-0.1, -0.05) is 18.2 Å². The number of aliphatic hydroxyl groups is 1. The van der Waals surface area contributed by atoms with Gasteiger partial charge in [0.1, 0.15) is 5.60 Å². The minimum absolute atomic E-state index is 0.0465. The van der Waals surface area contributed by atoms with Gasteiger partial charge in [-0.2, -0.15) is 13.2 Å². The molecule has 0 aliphatic heterocycles. The minimum atomic E-state index is -4.52. The molecule has 0 heterocycles. The van der Waals surface area contributed by atoms with E-state index in [0.29, 0.717) is 11.1 Å². The summed E-state index contributed by atoms with van der Waals surface area (Å²) in [7, 11) is 0. The van der Waals surface area contributed by atoms with Crippen molar-refractivity contribution in [3.8, 4) is 11.1 Å². The zero-order valence-electron chi connectivity index (χ0n) is 14.1. The van der Waals surface area contributed by atoms with Crippen molar-refractivity contribution in [3.05, 3.63) is 59.2 Å². The number of carbonyl (C=O) groups excluding carboxylic acids is 1. The Morgan fingerprint density at radius 3 is 2.12 bits per heavy atom. The summed E-state index contributed by atoms with van der Waals surface area (Å²) >= 11 is 0. The molecule has 0 bridgehead atoms. The number of ether oxygens (including phenoxy) is 1. The molecule has 25 heavy (non-hydrogen) atoms. The highest BCUT2D eigenvalue weighted by atomic mass is 19.4. The van der Waals surface area contributed by atoms with Crippen LogP contribution in [0.1, 0.15) is 42.3 Å². The van der Waals surface area contributed by atoms with Crippen molar-refractivity contribution < 1.29 is 27.8 Å². The van der Waals surface area contributed by atoms with Gasteiger partial charge in [0.2, 0.25) is 0 Å². The van der Waals surface area contributed by atoms with Gasteiger partial charge in [0.25, 0.3) is 0 Å². The van der Waals surface area contributed by atoms with Crippen LogP contribution in [0.5, 0.6) is 0 Å². The molecule has 0 aromatic heterocycles. The van der Waals surface area contributed by atoms with Crippen LogP contribution in [0, 0.1) is 0 Å². The summed E-state index contributed by atoms with van der Waals surface area (Å²) in [4.78, 5) is 12.0. The molecule has 3 nitrogen and oxygen atoms in total. The molecule has 134 valence electrons. The van der Waals surface area contributed by atoms with E-state index in [1.54, 1.807) is 20.8 Å². The molecule has 0 aliphatic carbocycles. The van der Waals surface area contributed by atoms with Gasteiger partial charge in [0.15, 0.2) is 0 Å². The summed E-state index contributed by atoms with van der Waals surface area (Å²) in [6.45, 7) is 4.83. The Morgan fingerprint density at radius 2 is 1.64 bits per heavy atom. The average molecular weight is 352 g/mol. The van der Waals surface area contributed by atoms with Crippen molar-refractivity contribution in [2.75, 3.05) is 0 Å². The third-order valence-electron chi connectivity index (χ3n) is 3.40. The largest absolute Gasteiger partial charge is 0.456 e. The number of alkyl halides is 3. The molecular formula is C19H19F3O3. The van der Waals surface area contributed by atoms with E-state index in [-0.39, 0.29) is 17.7 Å². The van der Waals surface area contributed by atoms with E-state index in [9.17, 15) is 23.1 Å². The predicted molar refractivity (Wildman–Crippen MR) is 88.0 cm³/mol. The summed E-state index contributed by atoms with van der Waals surface area (Å²) in [5.74, 6) is -0.542. The second-order valence-corrected chi connectivity index (χ2v) is 6.62. The van der Waals surface area contributed by atoms with Crippen LogP contribution in [0.2, 0.25) is 0 Å². The Morgan fingerprint density at radius 1 is 1.04 bits per heavy atom. The molecule has 6 heteroatoms. The number of benzene rings is 2. The van der Waals surface area contributed by atoms with Gasteiger partial charge in [0, 0.05) is 0 Å². The number of rotatable bonds is 3. The lowest BCUT2D eigenvalue weighted by molar-refractivity contribution is -0.137. The van der Waals surface area contributed by atoms with Crippen LogP contribution in [-0.2, 0) is 17.5 Å². The monoisotopic (exact) mass is 352 g/mol. The van der Waals surface area contributed by atoms with Gasteiger partial charge >= 0.3 is 12.1 Å². The smallest absolute Gasteiger partial charge is 0.417 e. The summed E-state index contributed by atoms with van der Waals surface area (Å²) in [6.07, 6.45) is -4.52. The third-order valence-corrected chi connectivity index (χ3v) is 3.40. The Hall–Kier alpha value is -2.34. The van der Waals surface area contributed by atoms with Crippen molar-refractivity contribution in [1.82, 2.24) is 0 Å². The van der Waals surface area contributed by atoms with Crippen molar-refractivity contribution in [2.45, 2.75) is 39.2 Å². The topological polar surface area (TPSA) is 46.5 Å². The minimum Gasteiger partial charge on any atom is -0.456 e. The lowest BCUT2D eigenvalue weighted by Crippen LogP contribution is -2.23.